The van der Waals surface area contributed by atoms with Crippen molar-refractivity contribution >= 4 is 5.78 Å². The summed E-state index contributed by atoms with van der Waals surface area (Å²) in [5, 5.41) is 0. The molecule has 0 atom stereocenters. The topological polar surface area (TPSA) is 17.1 Å². The van der Waals surface area contributed by atoms with Crippen LogP contribution in [0.3, 0.4) is 0 Å². The molecule has 0 bridgehead atoms. The molecule has 0 saturated carbocycles. The Labute approximate surface area is 126 Å². The lowest BCUT2D eigenvalue weighted by Crippen LogP contribution is -1.75. The molecule has 1 heteroatoms. The quantitative estimate of drug-likeness (QED) is 0.391. The van der Waals surface area contributed by atoms with Crippen molar-refractivity contribution in [2.75, 3.05) is 0 Å². The van der Waals surface area contributed by atoms with Crippen molar-refractivity contribution in [1.82, 2.24) is 0 Å². The van der Waals surface area contributed by atoms with Crippen LogP contribution in [0.1, 0.15) is 46.0 Å². The van der Waals surface area contributed by atoms with E-state index in [0.29, 0.717) is 0 Å². The van der Waals surface area contributed by atoms with Crippen LogP contribution in [0.5, 0.6) is 0 Å². The Morgan fingerprint density at radius 2 is 1.38 bits per heavy atom. The molecular formula is C20H18O. The Hall–Kier alpha value is -2.79. The number of allylic oxidation sites excluding steroid dienone is 2. The smallest absolute Gasteiger partial charge is 0.160 e. The Morgan fingerprint density at radius 3 is 1.95 bits per heavy atom. The van der Waals surface area contributed by atoms with E-state index in [9.17, 15) is 4.79 Å². The number of carbonyl (C=O) groups is 1. The number of hydrogen-bond acceptors (Lipinski definition) is 1. The SMILES string of the molecule is CCCCCCC=C=C=C=C=C=C=C=C=C=C=CC(C)=O. The first-order chi connectivity index (χ1) is 10.3. The highest BCUT2D eigenvalue weighted by Crippen LogP contribution is 2.01. The third-order valence-corrected chi connectivity index (χ3v) is 2.16. The van der Waals surface area contributed by atoms with Gasteiger partial charge in [0, 0.05) is 6.08 Å². The monoisotopic (exact) mass is 274 g/mol. The zero-order valence-corrected chi connectivity index (χ0v) is 12.6. The fourth-order valence-corrected chi connectivity index (χ4v) is 1.19. The first kappa shape index (κ1) is 18.2. The van der Waals surface area contributed by atoms with Gasteiger partial charge in [0.1, 0.15) is 0 Å². The Bertz CT molecular complexity index is 716. The van der Waals surface area contributed by atoms with Crippen LogP contribution in [-0.4, -0.2) is 5.78 Å². The van der Waals surface area contributed by atoms with Gasteiger partial charge < -0.3 is 0 Å². The van der Waals surface area contributed by atoms with Gasteiger partial charge in [-0.1, -0.05) is 37.6 Å². The molecule has 0 aliphatic rings. The molecule has 0 unspecified atom stereocenters. The average molecular weight is 274 g/mol. The minimum absolute atomic E-state index is 0.0954. The minimum Gasteiger partial charge on any atom is -0.294 e. The van der Waals surface area contributed by atoms with Crippen LogP contribution >= 0.6 is 0 Å². The van der Waals surface area contributed by atoms with Gasteiger partial charge in [-0.05, 0) is 71.7 Å². The zero-order valence-electron chi connectivity index (χ0n) is 12.6. The molecule has 0 spiro atoms. The van der Waals surface area contributed by atoms with E-state index in [1.807, 2.05) is 6.08 Å². The molecule has 104 valence electrons. The molecule has 0 aromatic rings. The fraction of sp³-hybridized carbons (Fsp3) is 0.350. The van der Waals surface area contributed by atoms with Gasteiger partial charge in [0.2, 0.25) is 0 Å². The maximum atomic E-state index is 10.5. The van der Waals surface area contributed by atoms with Crippen molar-refractivity contribution in [3.63, 3.8) is 0 Å². The second-order valence-corrected chi connectivity index (χ2v) is 4.10. The normalized spacial score (nSPS) is 6.76. The van der Waals surface area contributed by atoms with Crippen molar-refractivity contribution < 1.29 is 4.79 Å². The molecule has 0 aliphatic carbocycles. The summed E-state index contributed by atoms with van der Waals surface area (Å²) in [6, 6.07) is 0. The molecule has 0 rings (SSSR count). The number of carbonyl (C=O) groups excluding carboxylic acids is 1. The molecule has 0 aromatic heterocycles. The first-order valence-electron chi connectivity index (χ1n) is 6.94. The second-order valence-electron chi connectivity index (χ2n) is 4.10. The standard InChI is InChI=1S/C20H18O/c1-3-4-5-6-7-8-9-10-11-12-13-14-15-16-17-18-19-20(2)21/h8,19H,3-7H2,1-2H3. The molecule has 21 heavy (non-hydrogen) atoms. The van der Waals surface area contributed by atoms with E-state index in [0.717, 1.165) is 6.42 Å². The van der Waals surface area contributed by atoms with Gasteiger partial charge in [0.15, 0.2) is 5.78 Å². The summed E-state index contributed by atoms with van der Waals surface area (Å²) in [4.78, 5) is 10.5. The van der Waals surface area contributed by atoms with E-state index in [-0.39, 0.29) is 5.78 Å². The summed E-state index contributed by atoms with van der Waals surface area (Å²) in [7, 11) is 0. The van der Waals surface area contributed by atoms with Gasteiger partial charge in [-0.25, -0.2) is 0 Å². The largest absolute Gasteiger partial charge is 0.294 e. The van der Waals surface area contributed by atoms with E-state index in [1.165, 1.54) is 38.7 Å². The van der Waals surface area contributed by atoms with Crippen LogP contribution in [0.4, 0.5) is 0 Å². The molecule has 1 nitrogen and oxygen atoms in total. The fourth-order valence-electron chi connectivity index (χ4n) is 1.19. The average Bonchev–Trinajstić information content (AvgIpc) is 2.46. The number of hydrogen-bond donors (Lipinski definition) is 0. The highest BCUT2D eigenvalue weighted by atomic mass is 16.1. The molecule has 0 fully saturated rings. The van der Waals surface area contributed by atoms with E-state index in [2.05, 4.69) is 64.2 Å². The highest BCUT2D eigenvalue weighted by molar-refractivity contribution is 5.86. The Morgan fingerprint density at radius 1 is 0.810 bits per heavy atom. The third kappa shape index (κ3) is 17.2. The van der Waals surface area contributed by atoms with Crippen LogP contribution in [0, 0.1) is 0 Å². The molecule has 0 aromatic carbocycles. The second kappa shape index (κ2) is 15.3. The summed E-state index contributed by atoms with van der Waals surface area (Å²) in [5.74, 6) is -0.0954. The summed E-state index contributed by atoms with van der Waals surface area (Å²) in [5.41, 5.74) is 25.9. The molecule has 0 heterocycles. The molecule has 0 amide bonds. The van der Waals surface area contributed by atoms with Crippen LogP contribution < -0.4 is 0 Å². The van der Waals surface area contributed by atoms with E-state index >= 15 is 0 Å². The molecule has 0 radical (unpaired) electrons. The van der Waals surface area contributed by atoms with Gasteiger partial charge in [0.25, 0.3) is 0 Å². The maximum Gasteiger partial charge on any atom is 0.160 e. The van der Waals surface area contributed by atoms with Crippen molar-refractivity contribution in [2.45, 2.75) is 46.0 Å². The summed E-state index contributed by atoms with van der Waals surface area (Å²) in [6.45, 7) is 3.63. The molecule has 0 saturated heterocycles. The lowest BCUT2D eigenvalue weighted by Gasteiger charge is -1.91. The van der Waals surface area contributed by atoms with E-state index in [1.54, 1.807) is 0 Å². The van der Waals surface area contributed by atoms with Crippen molar-refractivity contribution in [3.8, 4) is 0 Å². The predicted octanol–water partition coefficient (Wildman–Crippen LogP) is 4.65. The summed E-state index contributed by atoms with van der Waals surface area (Å²) in [6.07, 6.45) is 9.20. The van der Waals surface area contributed by atoms with E-state index in [4.69, 9.17) is 0 Å². The van der Waals surface area contributed by atoms with Gasteiger partial charge in [-0.15, -0.1) is 0 Å². The first-order valence-corrected chi connectivity index (χ1v) is 6.94. The lowest BCUT2D eigenvalue weighted by atomic mass is 10.1. The number of unbranched alkanes of at least 4 members (excludes halogenated alkanes) is 4. The predicted molar refractivity (Wildman–Crippen MR) is 83.7 cm³/mol. The summed E-state index contributed by atoms with van der Waals surface area (Å²) >= 11 is 0. The molecular weight excluding hydrogens is 256 g/mol. The van der Waals surface area contributed by atoms with Crippen molar-refractivity contribution in [2.24, 2.45) is 0 Å². The van der Waals surface area contributed by atoms with Crippen LogP contribution in [0.15, 0.2) is 69.5 Å². The van der Waals surface area contributed by atoms with Gasteiger partial charge in [-0.3, -0.25) is 4.79 Å². The van der Waals surface area contributed by atoms with Crippen LogP contribution in [-0.2, 0) is 4.79 Å². The van der Waals surface area contributed by atoms with Gasteiger partial charge in [0.05, 0.1) is 0 Å². The minimum atomic E-state index is -0.0954. The van der Waals surface area contributed by atoms with Crippen LogP contribution in [0.25, 0.3) is 0 Å². The highest BCUT2D eigenvalue weighted by Gasteiger charge is 1.82. The Balaban J connectivity index is 4.71. The lowest BCUT2D eigenvalue weighted by molar-refractivity contribution is -0.112. The van der Waals surface area contributed by atoms with Gasteiger partial charge in [-0.2, -0.15) is 0 Å². The maximum absolute atomic E-state index is 10.5. The van der Waals surface area contributed by atoms with E-state index < -0.39 is 0 Å². The number of rotatable bonds is 6. The Kier molecular flexibility index (Phi) is 13.2. The van der Waals surface area contributed by atoms with Crippen molar-refractivity contribution in [1.29, 1.82) is 0 Å². The van der Waals surface area contributed by atoms with Crippen LogP contribution in [0.2, 0.25) is 0 Å². The number of ketones is 1. The van der Waals surface area contributed by atoms with Crippen molar-refractivity contribution in [3.05, 3.63) is 69.5 Å². The molecule has 0 N–H and O–H groups in total. The molecule has 0 aliphatic heterocycles. The zero-order chi connectivity index (χ0) is 15.6. The third-order valence-electron chi connectivity index (χ3n) is 2.16. The summed E-state index contributed by atoms with van der Waals surface area (Å²) < 4.78 is 0. The van der Waals surface area contributed by atoms with Gasteiger partial charge >= 0.3 is 0 Å².